The molecule has 0 radical (unpaired) electrons. The zero-order chi connectivity index (χ0) is 21.9. The van der Waals surface area contributed by atoms with Gasteiger partial charge in [0, 0.05) is 24.4 Å². The van der Waals surface area contributed by atoms with Crippen LogP contribution in [0.25, 0.3) is 21.9 Å². The molecule has 0 atom stereocenters. The van der Waals surface area contributed by atoms with E-state index in [9.17, 15) is 9.90 Å². The first-order chi connectivity index (χ1) is 14.1. The fourth-order valence-corrected chi connectivity index (χ4v) is 3.58. The molecule has 0 saturated heterocycles. The SMILES string of the molecule is CC(C)(C)OC(=O)NC(C)(C)c1ccc(-c2ccc3cnccc3c2CCO)cc1. The number of fused-ring (bicyclic) bond motifs is 1. The Morgan fingerprint density at radius 1 is 1.03 bits per heavy atom. The Bertz CT molecular complexity index is 1030. The number of rotatable bonds is 5. The molecule has 0 aliphatic heterocycles. The van der Waals surface area contributed by atoms with Crippen LogP contribution < -0.4 is 5.32 Å². The number of ether oxygens (including phenoxy) is 1. The Hall–Kier alpha value is -2.92. The molecule has 158 valence electrons. The van der Waals surface area contributed by atoms with Crippen LogP contribution in [0.5, 0.6) is 0 Å². The maximum atomic E-state index is 12.2. The lowest BCUT2D eigenvalue weighted by atomic mass is 9.89. The van der Waals surface area contributed by atoms with Gasteiger partial charge >= 0.3 is 6.09 Å². The highest BCUT2D eigenvalue weighted by atomic mass is 16.6. The summed E-state index contributed by atoms with van der Waals surface area (Å²) in [7, 11) is 0. The number of aliphatic hydroxyl groups is 1. The molecular weight excluding hydrogens is 376 g/mol. The number of carbonyl (C=O) groups excluding carboxylic acids is 1. The van der Waals surface area contributed by atoms with Crippen LogP contribution in [0, 0.1) is 0 Å². The standard InChI is InChI=1S/C25H30N2O3/c1-24(2,3)30-23(29)27-25(4,5)19-9-6-17(7-10-19)20-11-8-18-16-26-14-12-21(18)22(20)13-15-28/h6-12,14,16,28H,13,15H2,1-5H3,(H,27,29). The van der Waals surface area contributed by atoms with E-state index < -0.39 is 17.2 Å². The van der Waals surface area contributed by atoms with Crippen LogP contribution >= 0.6 is 0 Å². The predicted octanol–water partition coefficient (Wildman–Crippen LogP) is 5.20. The highest BCUT2D eigenvalue weighted by Crippen LogP contribution is 2.32. The van der Waals surface area contributed by atoms with Crippen LogP contribution in [0.3, 0.4) is 0 Å². The number of hydrogen-bond donors (Lipinski definition) is 2. The molecule has 1 amide bonds. The van der Waals surface area contributed by atoms with E-state index in [1.807, 2.05) is 59.0 Å². The van der Waals surface area contributed by atoms with E-state index in [0.29, 0.717) is 6.42 Å². The minimum Gasteiger partial charge on any atom is -0.444 e. The van der Waals surface area contributed by atoms with Crippen molar-refractivity contribution in [3.63, 3.8) is 0 Å². The van der Waals surface area contributed by atoms with Gasteiger partial charge < -0.3 is 15.2 Å². The van der Waals surface area contributed by atoms with Gasteiger partial charge in [0.25, 0.3) is 0 Å². The van der Waals surface area contributed by atoms with E-state index in [4.69, 9.17) is 4.74 Å². The number of aliphatic hydroxyl groups excluding tert-OH is 1. The van der Waals surface area contributed by atoms with Crippen LogP contribution in [-0.2, 0) is 16.7 Å². The number of alkyl carbamates (subject to hydrolysis) is 1. The first-order valence-electron chi connectivity index (χ1n) is 10.2. The second kappa shape index (κ2) is 8.44. The molecule has 0 aliphatic rings. The summed E-state index contributed by atoms with van der Waals surface area (Å²) in [5.41, 5.74) is 3.12. The van der Waals surface area contributed by atoms with E-state index in [2.05, 4.69) is 34.6 Å². The van der Waals surface area contributed by atoms with Crippen LogP contribution in [0.2, 0.25) is 0 Å². The van der Waals surface area contributed by atoms with Gasteiger partial charge in [0.15, 0.2) is 0 Å². The van der Waals surface area contributed by atoms with Gasteiger partial charge in [0.1, 0.15) is 5.60 Å². The van der Waals surface area contributed by atoms with Gasteiger partial charge in [-0.1, -0.05) is 36.4 Å². The quantitative estimate of drug-likeness (QED) is 0.611. The fraction of sp³-hybridized carbons (Fsp3) is 0.360. The molecule has 2 aromatic carbocycles. The molecule has 2 N–H and O–H groups in total. The lowest BCUT2D eigenvalue weighted by Gasteiger charge is -2.29. The van der Waals surface area contributed by atoms with Gasteiger partial charge in [0.2, 0.25) is 0 Å². The molecule has 0 unspecified atom stereocenters. The Balaban J connectivity index is 1.90. The number of aromatic nitrogens is 1. The molecule has 30 heavy (non-hydrogen) atoms. The fourth-order valence-electron chi connectivity index (χ4n) is 3.58. The number of pyridine rings is 1. The lowest BCUT2D eigenvalue weighted by molar-refractivity contribution is 0.0470. The molecule has 1 heterocycles. The molecule has 5 nitrogen and oxygen atoms in total. The van der Waals surface area contributed by atoms with Crippen molar-refractivity contribution >= 4 is 16.9 Å². The normalized spacial score (nSPS) is 12.1. The van der Waals surface area contributed by atoms with E-state index in [0.717, 1.165) is 33.0 Å². The van der Waals surface area contributed by atoms with Crippen molar-refractivity contribution in [3.8, 4) is 11.1 Å². The second-order valence-electron chi connectivity index (χ2n) is 8.99. The largest absolute Gasteiger partial charge is 0.444 e. The highest BCUT2D eigenvalue weighted by molar-refractivity contribution is 5.91. The summed E-state index contributed by atoms with van der Waals surface area (Å²) in [4.78, 5) is 16.4. The number of carbonyl (C=O) groups is 1. The number of hydrogen-bond acceptors (Lipinski definition) is 4. The Morgan fingerprint density at radius 3 is 2.37 bits per heavy atom. The molecule has 3 aromatic rings. The molecule has 1 aromatic heterocycles. The van der Waals surface area contributed by atoms with Gasteiger partial charge in [-0.15, -0.1) is 0 Å². The third-order valence-electron chi connectivity index (χ3n) is 5.02. The van der Waals surface area contributed by atoms with Gasteiger partial charge in [-0.25, -0.2) is 4.79 Å². The smallest absolute Gasteiger partial charge is 0.408 e. The molecule has 5 heteroatoms. The zero-order valence-electron chi connectivity index (χ0n) is 18.3. The number of amides is 1. The number of nitrogens with one attached hydrogen (secondary N) is 1. The minimum absolute atomic E-state index is 0.0827. The van der Waals surface area contributed by atoms with Gasteiger partial charge in [0.05, 0.1) is 5.54 Å². The van der Waals surface area contributed by atoms with Gasteiger partial charge in [-0.05, 0) is 74.7 Å². The second-order valence-corrected chi connectivity index (χ2v) is 8.99. The number of benzene rings is 2. The van der Waals surface area contributed by atoms with Crippen molar-refractivity contribution in [3.05, 3.63) is 66.0 Å². The van der Waals surface area contributed by atoms with Crippen LogP contribution in [-0.4, -0.2) is 28.4 Å². The molecule has 0 bridgehead atoms. The van der Waals surface area contributed by atoms with Crippen molar-refractivity contribution in [2.75, 3.05) is 6.61 Å². The third-order valence-corrected chi connectivity index (χ3v) is 5.02. The summed E-state index contributed by atoms with van der Waals surface area (Å²) in [6.07, 6.45) is 3.75. The van der Waals surface area contributed by atoms with Crippen molar-refractivity contribution in [2.45, 2.75) is 52.2 Å². The summed E-state index contributed by atoms with van der Waals surface area (Å²) >= 11 is 0. The molecule has 0 saturated carbocycles. The lowest BCUT2D eigenvalue weighted by Crippen LogP contribution is -2.43. The maximum Gasteiger partial charge on any atom is 0.408 e. The molecular formula is C25H30N2O3. The summed E-state index contributed by atoms with van der Waals surface area (Å²) in [6.45, 7) is 9.52. The van der Waals surface area contributed by atoms with Gasteiger partial charge in [-0.2, -0.15) is 0 Å². The van der Waals surface area contributed by atoms with Crippen molar-refractivity contribution < 1.29 is 14.6 Å². The predicted molar refractivity (Wildman–Crippen MR) is 120 cm³/mol. The first-order valence-corrected chi connectivity index (χ1v) is 10.2. The topological polar surface area (TPSA) is 71.5 Å². The van der Waals surface area contributed by atoms with E-state index in [1.54, 1.807) is 6.20 Å². The minimum atomic E-state index is -0.580. The van der Waals surface area contributed by atoms with Crippen molar-refractivity contribution in [1.82, 2.24) is 10.3 Å². The Morgan fingerprint density at radius 2 is 1.73 bits per heavy atom. The molecule has 0 spiro atoms. The van der Waals surface area contributed by atoms with E-state index in [-0.39, 0.29) is 6.61 Å². The van der Waals surface area contributed by atoms with E-state index in [1.165, 1.54) is 0 Å². The Kier molecular flexibility index (Phi) is 6.13. The van der Waals surface area contributed by atoms with E-state index >= 15 is 0 Å². The summed E-state index contributed by atoms with van der Waals surface area (Å²) in [6, 6.07) is 14.3. The molecule has 0 fully saturated rings. The summed E-state index contributed by atoms with van der Waals surface area (Å²) in [5.74, 6) is 0. The summed E-state index contributed by atoms with van der Waals surface area (Å²) in [5, 5.41) is 14.7. The average Bonchev–Trinajstić information content (AvgIpc) is 2.66. The monoisotopic (exact) mass is 406 g/mol. The zero-order valence-corrected chi connectivity index (χ0v) is 18.3. The maximum absolute atomic E-state index is 12.2. The third kappa shape index (κ3) is 4.97. The van der Waals surface area contributed by atoms with Crippen LogP contribution in [0.4, 0.5) is 4.79 Å². The summed E-state index contributed by atoms with van der Waals surface area (Å²) < 4.78 is 5.39. The highest BCUT2D eigenvalue weighted by Gasteiger charge is 2.26. The Labute approximate surface area is 178 Å². The van der Waals surface area contributed by atoms with Gasteiger partial charge in [-0.3, -0.25) is 4.98 Å². The molecule has 0 aliphatic carbocycles. The van der Waals surface area contributed by atoms with Crippen molar-refractivity contribution in [2.24, 2.45) is 0 Å². The first kappa shape index (κ1) is 21.8. The molecule has 3 rings (SSSR count). The average molecular weight is 407 g/mol. The number of nitrogens with zero attached hydrogens (tertiary/aromatic N) is 1. The van der Waals surface area contributed by atoms with Crippen molar-refractivity contribution in [1.29, 1.82) is 0 Å². The van der Waals surface area contributed by atoms with Crippen LogP contribution in [0.1, 0.15) is 45.7 Å². The van der Waals surface area contributed by atoms with Crippen LogP contribution in [0.15, 0.2) is 54.9 Å².